The Kier molecular flexibility index (Phi) is 17.6. The van der Waals surface area contributed by atoms with Crippen molar-refractivity contribution >= 4 is 11.7 Å². The number of aliphatic hydroxyl groups excluding tert-OH is 1. The predicted octanol–water partition coefficient (Wildman–Crippen LogP) is 5.51. The molecule has 0 saturated carbocycles. The molecule has 0 aliphatic carbocycles. The van der Waals surface area contributed by atoms with E-state index in [-0.39, 0.29) is 25.0 Å². The van der Waals surface area contributed by atoms with Crippen molar-refractivity contribution in [2.75, 3.05) is 6.61 Å². The van der Waals surface area contributed by atoms with E-state index in [0.717, 1.165) is 16.7 Å². The molecule has 0 bridgehead atoms. The number of allylic oxidation sites excluding steroid dienone is 14. The van der Waals surface area contributed by atoms with Gasteiger partial charge in [0.15, 0.2) is 18.4 Å². The van der Waals surface area contributed by atoms with Crippen LogP contribution in [0.5, 0.6) is 0 Å². The summed E-state index contributed by atoms with van der Waals surface area (Å²) in [6.45, 7) is 16.5. The van der Waals surface area contributed by atoms with Gasteiger partial charge < -0.3 is 45.3 Å². The molecule has 0 spiro atoms. The van der Waals surface area contributed by atoms with Crippen LogP contribution in [0.1, 0.15) is 81.6 Å². The summed E-state index contributed by atoms with van der Waals surface area (Å²) in [5, 5.41) is 36.5. The number of rotatable bonds is 6. The number of nitrogens with one attached hydrogen (secondary N) is 1. The number of Topliss-reactive ketones (excluding diaryl/α,β-unsaturated/α-hetero) is 1. The number of hydrogen-bond acceptors (Lipinski definition) is 10. The van der Waals surface area contributed by atoms with E-state index >= 15 is 0 Å². The number of amides is 1. The summed E-state index contributed by atoms with van der Waals surface area (Å²) in [4.78, 5) is 25.5. The van der Waals surface area contributed by atoms with Gasteiger partial charge >= 0.3 is 0 Å². The van der Waals surface area contributed by atoms with Crippen LogP contribution in [0, 0.1) is 5.92 Å². The van der Waals surface area contributed by atoms with Crippen LogP contribution in [0.15, 0.2) is 107 Å². The molecule has 10 unspecified atom stereocenters. The zero-order chi connectivity index (χ0) is 40.9. The zero-order valence-electron chi connectivity index (χ0n) is 34.0. The van der Waals surface area contributed by atoms with Crippen molar-refractivity contribution in [2.24, 2.45) is 11.7 Å². The first-order valence-electron chi connectivity index (χ1n) is 19.2. The molecule has 3 rings (SSSR count). The minimum atomic E-state index is -1.63. The molecule has 11 nitrogen and oxygen atoms in total. The van der Waals surface area contributed by atoms with Crippen molar-refractivity contribution in [3.63, 3.8) is 0 Å². The van der Waals surface area contributed by atoms with Crippen molar-refractivity contribution in [1.82, 2.24) is 5.32 Å². The monoisotopic (exact) mass is 764 g/mol. The van der Waals surface area contributed by atoms with Crippen molar-refractivity contribution in [1.29, 1.82) is 0 Å². The largest absolute Gasteiger partial charge is 0.388 e. The summed E-state index contributed by atoms with van der Waals surface area (Å²) in [5.74, 6) is -0.222. The van der Waals surface area contributed by atoms with Gasteiger partial charge in [-0.1, -0.05) is 116 Å². The fourth-order valence-electron chi connectivity index (χ4n) is 6.24. The van der Waals surface area contributed by atoms with Gasteiger partial charge in [-0.25, -0.2) is 0 Å². The van der Waals surface area contributed by atoms with Gasteiger partial charge in [-0.05, 0) is 67.2 Å². The van der Waals surface area contributed by atoms with E-state index in [9.17, 15) is 24.9 Å². The van der Waals surface area contributed by atoms with Gasteiger partial charge in [-0.2, -0.15) is 0 Å². The average molecular weight is 765 g/mol. The molecular weight excluding hydrogens is 700 g/mol. The smallest absolute Gasteiger partial charge is 0.247 e. The second kappa shape index (κ2) is 21.1. The molecule has 0 aromatic rings. The van der Waals surface area contributed by atoms with Crippen LogP contribution in [0.2, 0.25) is 0 Å². The van der Waals surface area contributed by atoms with Crippen molar-refractivity contribution in [2.45, 2.75) is 142 Å². The summed E-state index contributed by atoms with van der Waals surface area (Å²) < 4.78 is 23.7. The molecule has 2 saturated heterocycles. The number of ether oxygens (including phenoxy) is 4. The molecule has 0 radical (unpaired) electrons. The summed E-state index contributed by atoms with van der Waals surface area (Å²) in [7, 11) is 0. The molecule has 6 N–H and O–H groups in total. The van der Waals surface area contributed by atoms with Crippen LogP contribution in [0.3, 0.4) is 0 Å². The Morgan fingerprint density at radius 1 is 0.945 bits per heavy atom. The molecular formula is C44H64N2O9. The molecule has 3 heterocycles. The maximum absolute atomic E-state index is 13.3. The number of ketones is 1. The first kappa shape index (κ1) is 45.9. The number of carbonyl (C=O) groups is 2. The first-order chi connectivity index (χ1) is 25.8. The van der Waals surface area contributed by atoms with Gasteiger partial charge in [0.2, 0.25) is 5.91 Å². The second-order valence-corrected chi connectivity index (χ2v) is 15.8. The Bertz CT molecular complexity index is 1590. The molecule has 0 aromatic carbocycles. The molecule has 304 valence electrons. The van der Waals surface area contributed by atoms with E-state index in [1.54, 1.807) is 37.3 Å². The number of aliphatic hydroxyl groups is 3. The lowest BCUT2D eigenvalue weighted by Gasteiger charge is -2.43. The summed E-state index contributed by atoms with van der Waals surface area (Å²) in [6.07, 6.45) is 21.1. The summed E-state index contributed by atoms with van der Waals surface area (Å²) >= 11 is 0. The fourth-order valence-corrected chi connectivity index (χ4v) is 6.24. The van der Waals surface area contributed by atoms with Gasteiger partial charge in [0.1, 0.15) is 35.6 Å². The second-order valence-electron chi connectivity index (χ2n) is 15.8. The lowest BCUT2D eigenvalue weighted by Crippen LogP contribution is -2.61. The van der Waals surface area contributed by atoms with Gasteiger partial charge in [0.25, 0.3) is 0 Å². The van der Waals surface area contributed by atoms with E-state index in [0.29, 0.717) is 24.3 Å². The molecule has 2 fully saturated rings. The molecule has 10 atom stereocenters. The first-order valence-corrected chi connectivity index (χ1v) is 19.2. The lowest BCUT2D eigenvalue weighted by atomic mass is 9.90. The van der Waals surface area contributed by atoms with Crippen LogP contribution in [-0.4, -0.2) is 93.9 Å². The highest BCUT2D eigenvalue weighted by atomic mass is 16.7. The summed E-state index contributed by atoms with van der Waals surface area (Å²) in [6, 6.07) is -1.11. The Labute approximate surface area is 327 Å². The highest BCUT2D eigenvalue weighted by Crippen LogP contribution is 2.30. The molecule has 0 aromatic heterocycles. The maximum atomic E-state index is 13.3. The average Bonchev–Trinajstić information content (AvgIpc) is 3.09. The molecule has 11 heteroatoms. The van der Waals surface area contributed by atoms with Gasteiger partial charge in [0.05, 0.1) is 12.6 Å². The van der Waals surface area contributed by atoms with Gasteiger partial charge in [-0.15, -0.1) is 0 Å². The van der Waals surface area contributed by atoms with E-state index in [1.807, 2.05) is 76.3 Å². The van der Waals surface area contributed by atoms with Crippen molar-refractivity contribution in [3.05, 3.63) is 107 Å². The van der Waals surface area contributed by atoms with Gasteiger partial charge in [-0.3, -0.25) is 9.59 Å². The third-order valence-corrected chi connectivity index (χ3v) is 9.50. The third kappa shape index (κ3) is 14.8. The topological polar surface area (TPSA) is 170 Å². The number of nitrogens with two attached hydrogens (primary N) is 1. The summed E-state index contributed by atoms with van der Waals surface area (Å²) in [5.41, 5.74) is 6.92. The molecule has 55 heavy (non-hydrogen) atoms. The Morgan fingerprint density at radius 3 is 2.33 bits per heavy atom. The predicted molar refractivity (Wildman–Crippen MR) is 215 cm³/mol. The lowest BCUT2D eigenvalue weighted by molar-refractivity contribution is -0.295. The molecule has 1 amide bonds. The Balaban J connectivity index is 1.87. The number of carbonyl (C=O) groups excluding carboxylic acids is 2. The van der Waals surface area contributed by atoms with E-state index in [1.165, 1.54) is 13.8 Å². The van der Waals surface area contributed by atoms with E-state index in [4.69, 9.17) is 24.7 Å². The molecule has 3 aliphatic rings. The van der Waals surface area contributed by atoms with Crippen LogP contribution in [0.25, 0.3) is 0 Å². The van der Waals surface area contributed by atoms with Crippen molar-refractivity contribution in [3.8, 4) is 0 Å². The highest BCUT2D eigenvalue weighted by molar-refractivity contribution is 5.94. The quantitative estimate of drug-likeness (QED) is 0.233. The van der Waals surface area contributed by atoms with Gasteiger partial charge in [0, 0.05) is 18.0 Å². The normalized spacial score (nSPS) is 35.1. The van der Waals surface area contributed by atoms with Crippen LogP contribution >= 0.6 is 0 Å². The standard InChI is InChI=1S/C44H64N2O9/c1-28(2)24-34-25-31(5)17-11-10-14-23-43(8,50)36(20-13-12-16-29(3)18-15-19-30(4)21-22-32(6)46-41(34)49)55-42-38(45)39(47)35(27-52-42)54-37-26-44(9,51)40(48)33(7)53-37/h10-21,23,25,28,32-33,35-39,42,47,50-51H,22,24,26-27,45H2,1-9H3,(H,46,49). The minimum absolute atomic E-state index is 0.0330. The molecule has 3 aliphatic heterocycles. The maximum Gasteiger partial charge on any atom is 0.247 e. The van der Waals surface area contributed by atoms with Crippen LogP contribution in [-0.2, 0) is 28.5 Å². The van der Waals surface area contributed by atoms with E-state index in [2.05, 4.69) is 25.2 Å². The number of hydrogen-bond donors (Lipinski definition) is 5. The van der Waals surface area contributed by atoms with Crippen LogP contribution < -0.4 is 11.1 Å². The van der Waals surface area contributed by atoms with Crippen LogP contribution in [0.4, 0.5) is 0 Å². The third-order valence-electron chi connectivity index (χ3n) is 9.50. The Hall–Kier alpha value is -3.52. The minimum Gasteiger partial charge on any atom is -0.388 e. The SMILES string of the molecule is CC1=CC=CC(C)=CCC(C)NC(=O)C(CC(C)C)=CC(C)=CC=CC=CC(C)(O)C(OC2OCC(OC3CC(C)(O)C(=O)C(C)O3)C(O)C2N)C=CC=C1. The highest BCUT2D eigenvalue weighted by Gasteiger charge is 2.47. The fraction of sp³-hybridized carbons (Fsp3) is 0.545. The van der Waals surface area contributed by atoms with E-state index < -0.39 is 60.0 Å². The Morgan fingerprint density at radius 2 is 1.64 bits per heavy atom. The van der Waals surface area contributed by atoms with Crippen molar-refractivity contribution < 1.29 is 43.9 Å². The zero-order valence-corrected chi connectivity index (χ0v) is 34.0.